The van der Waals surface area contributed by atoms with Gasteiger partial charge in [0.05, 0.1) is 11.6 Å². The van der Waals surface area contributed by atoms with Crippen molar-refractivity contribution < 1.29 is 9.90 Å². The van der Waals surface area contributed by atoms with Crippen LogP contribution in [-0.2, 0) is 0 Å². The van der Waals surface area contributed by atoms with Crippen molar-refractivity contribution in [3.8, 4) is 11.8 Å². The van der Waals surface area contributed by atoms with Gasteiger partial charge in [0.15, 0.2) is 0 Å². The molecule has 1 aromatic carbocycles. The van der Waals surface area contributed by atoms with Crippen molar-refractivity contribution in [1.29, 1.82) is 5.26 Å². The van der Waals surface area contributed by atoms with Gasteiger partial charge in [-0.2, -0.15) is 5.26 Å². The summed E-state index contributed by atoms with van der Waals surface area (Å²) in [5.41, 5.74) is 0.211. The van der Waals surface area contributed by atoms with Gasteiger partial charge in [0.25, 0.3) is 5.91 Å². The fourth-order valence-corrected chi connectivity index (χ4v) is 1.57. The smallest absolute Gasteiger partial charge is 0.256 e. The second kappa shape index (κ2) is 4.23. The number of hydrogen-bond donors (Lipinski definition) is 2. The Morgan fingerprint density at radius 2 is 2.19 bits per heavy atom. The molecule has 1 aliphatic rings. The van der Waals surface area contributed by atoms with E-state index in [-0.39, 0.29) is 17.2 Å². The number of phenols is 1. The molecule has 2 rings (SSSR count). The maximum absolute atomic E-state index is 11.7. The Balaban J connectivity index is 2.08. The molecule has 1 atom stereocenters. The molecular weight excluding hydrogens is 204 g/mol. The number of hydrogen-bond acceptors (Lipinski definition) is 3. The number of benzene rings is 1. The molecule has 0 heterocycles. The summed E-state index contributed by atoms with van der Waals surface area (Å²) in [5.74, 6) is -0.177. The van der Waals surface area contributed by atoms with Gasteiger partial charge in [0.2, 0.25) is 0 Å². The van der Waals surface area contributed by atoms with Crippen LogP contribution >= 0.6 is 0 Å². The lowest BCUT2D eigenvalue weighted by atomic mass is 10.1. The molecule has 1 unspecified atom stereocenters. The van der Waals surface area contributed by atoms with Crippen LogP contribution in [0.1, 0.15) is 23.2 Å². The Hall–Kier alpha value is -2.02. The molecule has 0 radical (unpaired) electrons. The Labute approximate surface area is 93.5 Å². The topological polar surface area (TPSA) is 73.1 Å². The first-order chi connectivity index (χ1) is 7.72. The van der Waals surface area contributed by atoms with Gasteiger partial charge < -0.3 is 10.4 Å². The lowest BCUT2D eigenvalue weighted by molar-refractivity contribution is 0.0939. The second-order valence-corrected chi connectivity index (χ2v) is 3.93. The minimum absolute atomic E-state index is 0.0625. The van der Waals surface area contributed by atoms with E-state index in [0.29, 0.717) is 0 Å². The van der Waals surface area contributed by atoms with Gasteiger partial charge in [-0.15, -0.1) is 0 Å². The fraction of sp³-hybridized carbons (Fsp3) is 0.333. The maximum Gasteiger partial charge on any atom is 0.256 e. The third-order valence-corrected chi connectivity index (χ3v) is 2.67. The minimum Gasteiger partial charge on any atom is -0.507 e. The number of amides is 1. The van der Waals surface area contributed by atoms with Crippen LogP contribution < -0.4 is 5.32 Å². The number of nitrogens with zero attached hydrogens (tertiary/aromatic N) is 1. The Bertz CT molecular complexity index is 447. The molecule has 1 aliphatic carbocycles. The van der Waals surface area contributed by atoms with Crippen LogP contribution in [0.15, 0.2) is 24.3 Å². The van der Waals surface area contributed by atoms with Crippen molar-refractivity contribution in [2.45, 2.75) is 18.9 Å². The SMILES string of the molecule is N#CC(NC(=O)c1ccccc1O)C1CC1. The Kier molecular flexibility index (Phi) is 2.78. The molecular formula is C12H12N2O2. The molecule has 0 aromatic heterocycles. The first-order valence-corrected chi connectivity index (χ1v) is 5.21. The highest BCUT2D eigenvalue weighted by Gasteiger charge is 2.32. The largest absolute Gasteiger partial charge is 0.507 e. The molecule has 1 fully saturated rings. The zero-order chi connectivity index (χ0) is 11.5. The van der Waals surface area contributed by atoms with E-state index in [1.807, 2.05) is 0 Å². The number of phenolic OH excluding ortho intramolecular Hbond substituents is 1. The van der Waals surface area contributed by atoms with Crippen LogP contribution in [0.2, 0.25) is 0 Å². The lowest BCUT2D eigenvalue weighted by Crippen LogP contribution is -2.35. The predicted molar refractivity (Wildman–Crippen MR) is 57.7 cm³/mol. The molecule has 0 spiro atoms. The van der Waals surface area contributed by atoms with Crippen molar-refractivity contribution >= 4 is 5.91 Å². The molecule has 1 aromatic rings. The predicted octanol–water partition coefficient (Wildman–Crippen LogP) is 1.42. The number of carbonyl (C=O) groups is 1. The van der Waals surface area contributed by atoms with Gasteiger partial charge >= 0.3 is 0 Å². The molecule has 1 amide bonds. The highest BCUT2D eigenvalue weighted by molar-refractivity contribution is 5.97. The van der Waals surface area contributed by atoms with Gasteiger partial charge in [-0.05, 0) is 30.9 Å². The number of nitriles is 1. The van der Waals surface area contributed by atoms with Gasteiger partial charge in [-0.1, -0.05) is 12.1 Å². The third-order valence-electron chi connectivity index (χ3n) is 2.67. The molecule has 0 bridgehead atoms. The molecule has 82 valence electrons. The molecule has 0 saturated heterocycles. The van der Waals surface area contributed by atoms with Crippen LogP contribution in [-0.4, -0.2) is 17.1 Å². The molecule has 1 saturated carbocycles. The Morgan fingerprint density at radius 3 is 2.75 bits per heavy atom. The first-order valence-electron chi connectivity index (χ1n) is 5.21. The van der Waals surface area contributed by atoms with Crippen molar-refractivity contribution in [1.82, 2.24) is 5.32 Å². The van der Waals surface area contributed by atoms with Crippen LogP contribution in [0.4, 0.5) is 0 Å². The highest BCUT2D eigenvalue weighted by Crippen LogP contribution is 2.32. The highest BCUT2D eigenvalue weighted by atomic mass is 16.3. The van der Waals surface area contributed by atoms with Crippen molar-refractivity contribution in [2.24, 2.45) is 5.92 Å². The van der Waals surface area contributed by atoms with E-state index >= 15 is 0 Å². The molecule has 2 N–H and O–H groups in total. The molecule has 4 heteroatoms. The average molecular weight is 216 g/mol. The van der Waals surface area contributed by atoms with Gasteiger partial charge in [-0.3, -0.25) is 4.79 Å². The van der Waals surface area contributed by atoms with Gasteiger partial charge in [0.1, 0.15) is 11.8 Å². The zero-order valence-corrected chi connectivity index (χ0v) is 8.68. The number of carbonyl (C=O) groups excluding carboxylic acids is 1. The Morgan fingerprint density at radius 1 is 1.50 bits per heavy atom. The lowest BCUT2D eigenvalue weighted by Gasteiger charge is -2.10. The number of rotatable bonds is 3. The summed E-state index contributed by atoms with van der Waals surface area (Å²) >= 11 is 0. The summed E-state index contributed by atoms with van der Waals surface area (Å²) in [7, 11) is 0. The van der Waals surface area contributed by atoms with E-state index in [9.17, 15) is 9.90 Å². The van der Waals surface area contributed by atoms with Crippen LogP contribution in [0, 0.1) is 17.2 Å². The summed E-state index contributed by atoms with van der Waals surface area (Å²) in [6.07, 6.45) is 1.97. The molecule has 16 heavy (non-hydrogen) atoms. The summed E-state index contributed by atoms with van der Waals surface area (Å²) < 4.78 is 0. The summed E-state index contributed by atoms with van der Waals surface area (Å²) in [4.78, 5) is 11.7. The van der Waals surface area contributed by atoms with E-state index in [1.54, 1.807) is 12.1 Å². The van der Waals surface area contributed by atoms with Crippen LogP contribution in [0.5, 0.6) is 5.75 Å². The second-order valence-electron chi connectivity index (χ2n) is 3.93. The van der Waals surface area contributed by atoms with E-state index in [0.717, 1.165) is 12.8 Å². The molecule has 0 aliphatic heterocycles. The summed E-state index contributed by atoms with van der Waals surface area (Å²) in [6.45, 7) is 0. The van der Waals surface area contributed by atoms with E-state index < -0.39 is 11.9 Å². The third kappa shape index (κ3) is 2.14. The van der Waals surface area contributed by atoms with Gasteiger partial charge in [0, 0.05) is 0 Å². The first kappa shape index (κ1) is 10.5. The van der Waals surface area contributed by atoms with E-state index in [1.165, 1.54) is 12.1 Å². The quantitative estimate of drug-likeness (QED) is 0.802. The van der Waals surface area contributed by atoms with E-state index in [2.05, 4.69) is 11.4 Å². The maximum atomic E-state index is 11.7. The van der Waals surface area contributed by atoms with Crippen molar-refractivity contribution in [3.05, 3.63) is 29.8 Å². The normalized spacial score (nSPS) is 16.2. The fourth-order valence-electron chi connectivity index (χ4n) is 1.57. The zero-order valence-electron chi connectivity index (χ0n) is 8.68. The van der Waals surface area contributed by atoms with Crippen molar-refractivity contribution in [2.75, 3.05) is 0 Å². The van der Waals surface area contributed by atoms with Gasteiger partial charge in [-0.25, -0.2) is 0 Å². The standard InChI is InChI=1S/C12H12N2O2/c13-7-10(8-5-6-8)14-12(16)9-3-1-2-4-11(9)15/h1-4,8,10,15H,5-6H2,(H,14,16). The summed E-state index contributed by atoms with van der Waals surface area (Å²) in [5, 5.41) is 21.0. The summed E-state index contributed by atoms with van der Waals surface area (Å²) in [6, 6.07) is 7.94. The van der Waals surface area contributed by atoms with Crippen molar-refractivity contribution in [3.63, 3.8) is 0 Å². The number of nitrogens with one attached hydrogen (secondary N) is 1. The van der Waals surface area contributed by atoms with E-state index in [4.69, 9.17) is 5.26 Å². The van der Waals surface area contributed by atoms with Crippen LogP contribution in [0.3, 0.4) is 0 Å². The van der Waals surface area contributed by atoms with Crippen LogP contribution in [0.25, 0.3) is 0 Å². The minimum atomic E-state index is -0.438. The average Bonchev–Trinajstić information content (AvgIpc) is 3.10. The number of aromatic hydroxyl groups is 1. The number of para-hydroxylation sites is 1. The monoisotopic (exact) mass is 216 g/mol. The molecule has 4 nitrogen and oxygen atoms in total.